The van der Waals surface area contributed by atoms with Crippen LogP contribution in [0.3, 0.4) is 0 Å². The summed E-state index contributed by atoms with van der Waals surface area (Å²) < 4.78 is 0. The lowest BCUT2D eigenvalue weighted by atomic mass is 10.3. The molecule has 0 aromatic carbocycles. The largest absolute Gasteiger partial charge is 0.397 e. The third-order valence-electron chi connectivity index (χ3n) is 1.84. The van der Waals surface area contributed by atoms with Crippen LogP contribution in [0.15, 0.2) is 17.5 Å². The molecular formula is C10H8N2S2. The maximum absolute atomic E-state index is 8.77. The Bertz CT molecular complexity index is 502. The molecular weight excluding hydrogens is 212 g/mol. The molecule has 70 valence electrons. The first-order chi connectivity index (χ1) is 6.70. The summed E-state index contributed by atoms with van der Waals surface area (Å²) in [6.07, 6.45) is 0. The van der Waals surface area contributed by atoms with Crippen molar-refractivity contribution in [1.29, 1.82) is 5.26 Å². The molecule has 2 heterocycles. The van der Waals surface area contributed by atoms with Gasteiger partial charge >= 0.3 is 0 Å². The van der Waals surface area contributed by atoms with E-state index in [1.54, 1.807) is 11.3 Å². The number of rotatable bonds is 1. The van der Waals surface area contributed by atoms with E-state index in [9.17, 15) is 0 Å². The summed E-state index contributed by atoms with van der Waals surface area (Å²) in [5.41, 5.74) is 7.52. The summed E-state index contributed by atoms with van der Waals surface area (Å²) in [6.45, 7) is 2.06. The van der Waals surface area contributed by atoms with E-state index in [0.29, 0.717) is 10.6 Å². The maximum Gasteiger partial charge on any atom is 0.128 e. The highest BCUT2D eigenvalue weighted by Gasteiger charge is 2.08. The molecule has 2 aromatic heterocycles. The zero-order valence-electron chi connectivity index (χ0n) is 7.57. The zero-order chi connectivity index (χ0) is 10.1. The van der Waals surface area contributed by atoms with Gasteiger partial charge in [0.15, 0.2) is 0 Å². The van der Waals surface area contributed by atoms with Crippen molar-refractivity contribution >= 4 is 28.4 Å². The fraction of sp³-hybridized carbons (Fsp3) is 0.100. The molecule has 2 nitrogen and oxygen atoms in total. The van der Waals surface area contributed by atoms with Gasteiger partial charge in [0.2, 0.25) is 0 Å². The van der Waals surface area contributed by atoms with E-state index in [2.05, 4.69) is 24.4 Å². The van der Waals surface area contributed by atoms with Gasteiger partial charge in [0.05, 0.1) is 5.69 Å². The molecule has 0 atom stereocenters. The van der Waals surface area contributed by atoms with Crippen molar-refractivity contribution in [3.8, 4) is 15.8 Å². The van der Waals surface area contributed by atoms with Crippen LogP contribution in [-0.4, -0.2) is 0 Å². The van der Waals surface area contributed by atoms with Crippen LogP contribution in [0, 0.1) is 18.3 Å². The summed E-state index contributed by atoms with van der Waals surface area (Å²) in [5.74, 6) is 0. The number of hydrogen-bond acceptors (Lipinski definition) is 4. The van der Waals surface area contributed by atoms with Crippen LogP contribution in [0.2, 0.25) is 0 Å². The molecule has 0 saturated heterocycles. The van der Waals surface area contributed by atoms with Crippen LogP contribution in [0.4, 0.5) is 5.69 Å². The minimum atomic E-state index is 0.582. The molecule has 0 radical (unpaired) electrons. The van der Waals surface area contributed by atoms with E-state index < -0.39 is 0 Å². The quantitative estimate of drug-likeness (QED) is 0.802. The van der Waals surface area contributed by atoms with Gasteiger partial charge in [0.1, 0.15) is 10.9 Å². The van der Waals surface area contributed by atoms with Gasteiger partial charge in [-0.3, -0.25) is 0 Å². The zero-order valence-corrected chi connectivity index (χ0v) is 9.21. The molecule has 0 fully saturated rings. The van der Waals surface area contributed by atoms with Crippen LogP contribution in [0.1, 0.15) is 10.4 Å². The summed E-state index contributed by atoms with van der Waals surface area (Å²) in [4.78, 5) is 2.86. The van der Waals surface area contributed by atoms with Crippen molar-refractivity contribution in [2.75, 3.05) is 5.73 Å². The molecule has 0 aliphatic carbocycles. The summed E-state index contributed by atoms with van der Waals surface area (Å²) >= 11 is 3.13. The first-order valence-electron chi connectivity index (χ1n) is 4.05. The third kappa shape index (κ3) is 1.52. The van der Waals surface area contributed by atoms with Gasteiger partial charge < -0.3 is 5.73 Å². The Morgan fingerprint density at radius 3 is 2.64 bits per heavy atom. The van der Waals surface area contributed by atoms with Gasteiger partial charge in [-0.25, -0.2) is 0 Å². The second-order valence-corrected chi connectivity index (χ2v) is 4.96. The Hall–Kier alpha value is -1.31. The van der Waals surface area contributed by atoms with Crippen molar-refractivity contribution < 1.29 is 0 Å². The van der Waals surface area contributed by atoms with Gasteiger partial charge in [-0.05, 0) is 30.0 Å². The fourth-order valence-corrected chi connectivity index (χ4v) is 3.04. The minimum Gasteiger partial charge on any atom is -0.397 e. The molecule has 0 aliphatic rings. The average Bonchev–Trinajstić information content (AvgIpc) is 2.71. The molecule has 0 unspecified atom stereocenters. The van der Waals surface area contributed by atoms with Crippen molar-refractivity contribution in [1.82, 2.24) is 0 Å². The minimum absolute atomic E-state index is 0.582. The standard InChI is InChI=1S/C10H8N2S2/c1-6-2-8(13-5-6)9-3-7(12)10(4-11)14-9/h2-3,5H,12H2,1H3. The van der Waals surface area contributed by atoms with Crippen molar-refractivity contribution in [3.05, 3.63) is 28.0 Å². The maximum atomic E-state index is 8.77. The van der Waals surface area contributed by atoms with Gasteiger partial charge in [-0.1, -0.05) is 0 Å². The molecule has 2 N–H and O–H groups in total. The second kappa shape index (κ2) is 3.45. The van der Waals surface area contributed by atoms with Gasteiger partial charge in [-0.2, -0.15) is 5.26 Å². The second-order valence-electron chi connectivity index (χ2n) is 3.00. The summed E-state index contributed by atoms with van der Waals surface area (Å²) in [7, 11) is 0. The number of nitriles is 1. The number of nitrogen functional groups attached to an aromatic ring is 1. The Kier molecular flexibility index (Phi) is 2.28. The lowest BCUT2D eigenvalue weighted by Crippen LogP contribution is -1.81. The normalized spacial score (nSPS) is 10.0. The van der Waals surface area contributed by atoms with Crippen molar-refractivity contribution in [2.24, 2.45) is 0 Å². The Morgan fingerprint density at radius 2 is 2.14 bits per heavy atom. The van der Waals surface area contributed by atoms with E-state index in [1.807, 2.05) is 6.07 Å². The first kappa shape index (κ1) is 9.25. The van der Waals surface area contributed by atoms with E-state index in [4.69, 9.17) is 11.0 Å². The van der Waals surface area contributed by atoms with E-state index in [-0.39, 0.29) is 0 Å². The number of thiophene rings is 2. The average molecular weight is 220 g/mol. The van der Waals surface area contributed by atoms with Gasteiger partial charge in [0.25, 0.3) is 0 Å². The lowest BCUT2D eigenvalue weighted by Gasteiger charge is -1.86. The smallest absolute Gasteiger partial charge is 0.128 e. The monoisotopic (exact) mass is 220 g/mol. The molecule has 0 bridgehead atoms. The topological polar surface area (TPSA) is 49.8 Å². The van der Waals surface area contributed by atoms with Gasteiger partial charge in [-0.15, -0.1) is 22.7 Å². The third-order valence-corrected chi connectivity index (χ3v) is 4.14. The Morgan fingerprint density at radius 1 is 1.36 bits per heavy atom. The van der Waals surface area contributed by atoms with Crippen LogP contribution < -0.4 is 5.73 Å². The SMILES string of the molecule is Cc1csc(-c2cc(N)c(C#N)s2)c1. The van der Waals surface area contributed by atoms with Gasteiger partial charge in [0, 0.05) is 9.75 Å². The van der Waals surface area contributed by atoms with E-state index >= 15 is 0 Å². The molecule has 2 rings (SSSR count). The van der Waals surface area contributed by atoms with Crippen LogP contribution in [-0.2, 0) is 0 Å². The molecule has 14 heavy (non-hydrogen) atoms. The predicted octanol–water partition coefficient (Wildman–Crippen LogP) is 3.24. The lowest BCUT2D eigenvalue weighted by molar-refractivity contribution is 1.52. The number of nitrogens with two attached hydrogens (primary N) is 1. The predicted molar refractivity (Wildman–Crippen MR) is 61.5 cm³/mol. The van der Waals surface area contributed by atoms with Crippen molar-refractivity contribution in [2.45, 2.75) is 6.92 Å². The number of anilines is 1. The Balaban J connectivity index is 2.48. The fourth-order valence-electron chi connectivity index (χ4n) is 1.17. The van der Waals surface area contributed by atoms with E-state index in [1.165, 1.54) is 21.8 Å². The summed E-state index contributed by atoms with van der Waals surface area (Å²) in [5, 5.41) is 10.9. The van der Waals surface area contributed by atoms with Crippen LogP contribution in [0.25, 0.3) is 9.75 Å². The molecule has 0 amide bonds. The van der Waals surface area contributed by atoms with Crippen molar-refractivity contribution in [3.63, 3.8) is 0 Å². The molecule has 0 spiro atoms. The highest BCUT2D eigenvalue weighted by Crippen LogP contribution is 2.35. The highest BCUT2D eigenvalue weighted by atomic mass is 32.1. The number of hydrogen-bond donors (Lipinski definition) is 1. The molecule has 2 aromatic rings. The number of nitrogens with zero attached hydrogens (tertiary/aromatic N) is 1. The summed E-state index contributed by atoms with van der Waals surface area (Å²) in [6, 6.07) is 6.07. The number of aryl methyl sites for hydroxylation is 1. The molecule has 0 saturated carbocycles. The molecule has 0 aliphatic heterocycles. The Labute approximate surface area is 90.2 Å². The van der Waals surface area contributed by atoms with Crippen LogP contribution in [0.5, 0.6) is 0 Å². The van der Waals surface area contributed by atoms with E-state index in [0.717, 1.165) is 4.88 Å². The highest BCUT2D eigenvalue weighted by molar-refractivity contribution is 7.22. The van der Waals surface area contributed by atoms with Crippen LogP contribution >= 0.6 is 22.7 Å². The molecule has 4 heteroatoms. The first-order valence-corrected chi connectivity index (χ1v) is 5.75.